The first-order chi connectivity index (χ1) is 6.41. The molecule has 1 aromatic rings. The summed E-state index contributed by atoms with van der Waals surface area (Å²) < 4.78 is 1.47. The second kappa shape index (κ2) is 3.61. The molecule has 0 aliphatic rings. The molecule has 0 fully saturated rings. The molecule has 0 aromatic carbocycles. The fourth-order valence-electron chi connectivity index (χ4n) is 1.05. The lowest BCUT2D eigenvalue weighted by Gasteiger charge is -2.20. The fourth-order valence-corrected chi connectivity index (χ4v) is 1.05. The van der Waals surface area contributed by atoms with Gasteiger partial charge in [0.25, 0.3) is 0 Å². The van der Waals surface area contributed by atoms with Gasteiger partial charge in [-0.1, -0.05) is 20.8 Å². The van der Waals surface area contributed by atoms with Crippen molar-refractivity contribution in [2.75, 3.05) is 0 Å². The normalized spacial score (nSPS) is 12.9. The van der Waals surface area contributed by atoms with E-state index in [2.05, 4.69) is 10.1 Å². The Bertz CT molecular complexity index is 347. The molecule has 0 saturated heterocycles. The maximum absolute atomic E-state index is 10.5. The predicted octanol–water partition coefficient (Wildman–Crippen LogP) is 1.85. The van der Waals surface area contributed by atoms with Crippen LogP contribution in [0.4, 0.5) is 4.79 Å². The van der Waals surface area contributed by atoms with Crippen LogP contribution in [0.5, 0.6) is 0 Å². The number of aromatic nitrogens is 2. The van der Waals surface area contributed by atoms with Gasteiger partial charge >= 0.3 is 6.09 Å². The quantitative estimate of drug-likeness (QED) is 0.507. The van der Waals surface area contributed by atoms with Gasteiger partial charge in [0.15, 0.2) is 0 Å². The van der Waals surface area contributed by atoms with Crippen LogP contribution in [0.3, 0.4) is 0 Å². The summed E-state index contributed by atoms with van der Waals surface area (Å²) in [6, 6.07) is 1.73. The van der Waals surface area contributed by atoms with E-state index in [4.69, 9.17) is 5.11 Å². The molecular weight excluding hydrogens is 182 g/mol. The zero-order valence-electron chi connectivity index (χ0n) is 8.43. The highest BCUT2D eigenvalue weighted by Crippen LogP contribution is 2.17. The average Bonchev–Trinajstić information content (AvgIpc) is 2.49. The van der Waals surface area contributed by atoms with Crippen LogP contribution in [0.25, 0.3) is 0 Å². The van der Waals surface area contributed by atoms with Crippen molar-refractivity contribution in [2.24, 2.45) is 10.4 Å². The van der Waals surface area contributed by atoms with Crippen molar-refractivity contribution >= 4 is 11.9 Å². The van der Waals surface area contributed by atoms with Crippen molar-refractivity contribution in [3.05, 3.63) is 18.5 Å². The molecular formula is C9H13N3O2. The highest BCUT2D eigenvalue weighted by molar-refractivity contribution is 5.95. The van der Waals surface area contributed by atoms with Crippen LogP contribution in [0, 0.1) is 5.41 Å². The number of rotatable bonds is 0. The van der Waals surface area contributed by atoms with Gasteiger partial charge in [0.05, 0.1) is 0 Å². The first-order valence-corrected chi connectivity index (χ1v) is 4.23. The van der Waals surface area contributed by atoms with Crippen LogP contribution in [-0.4, -0.2) is 26.8 Å². The Hall–Kier alpha value is -1.65. The lowest BCUT2D eigenvalue weighted by atomic mass is 9.95. The predicted molar refractivity (Wildman–Crippen MR) is 52.5 cm³/mol. The highest BCUT2D eigenvalue weighted by atomic mass is 16.4. The molecule has 76 valence electrons. The smallest absolute Gasteiger partial charge is 0.432 e. The van der Waals surface area contributed by atoms with Crippen molar-refractivity contribution in [2.45, 2.75) is 20.8 Å². The molecule has 5 nitrogen and oxygen atoms in total. The van der Waals surface area contributed by atoms with Crippen molar-refractivity contribution in [3.8, 4) is 0 Å². The zero-order valence-corrected chi connectivity index (χ0v) is 8.43. The Labute approximate surface area is 82.1 Å². The van der Waals surface area contributed by atoms with Gasteiger partial charge in [-0.05, 0) is 6.07 Å². The summed E-state index contributed by atoms with van der Waals surface area (Å²) in [5.74, 6) is 0.412. The minimum atomic E-state index is -1.20. The van der Waals surface area contributed by atoms with E-state index in [1.54, 1.807) is 18.5 Å². The summed E-state index contributed by atoms with van der Waals surface area (Å²) in [4.78, 5) is 14.0. The number of hydrogen-bond donors (Lipinski definition) is 1. The number of nitrogens with zero attached hydrogens (tertiary/aromatic N) is 3. The average molecular weight is 195 g/mol. The largest absolute Gasteiger partial charge is 0.463 e. The first-order valence-electron chi connectivity index (χ1n) is 4.23. The molecule has 0 aliphatic carbocycles. The third-order valence-electron chi connectivity index (χ3n) is 1.59. The molecule has 5 heteroatoms. The molecule has 1 amide bonds. The van der Waals surface area contributed by atoms with Crippen molar-refractivity contribution in [3.63, 3.8) is 0 Å². The number of aliphatic imine (C=N–C) groups is 1. The van der Waals surface area contributed by atoms with E-state index in [-0.39, 0.29) is 5.41 Å². The van der Waals surface area contributed by atoms with E-state index < -0.39 is 6.09 Å². The molecule has 1 N–H and O–H groups in total. The van der Waals surface area contributed by atoms with Gasteiger partial charge < -0.3 is 5.11 Å². The molecule has 0 radical (unpaired) electrons. The van der Waals surface area contributed by atoms with Gasteiger partial charge in [-0.15, -0.1) is 0 Å². The molecule has 1 rings (SSSR count). The van der Waals surface area contributed by atoms with Crippen molar-refractivity contribution < 1.29 is 9.90 Å². The number of carbonyl (C=O) groups is 1. The van der Waals surface area contributed by atoms with Crippen LogP contribution in [0.2, 0.25) is 0 Å². The SMILES string of the molecule is CC(C)(C)C(=NC(=O)O)n1cccn1. The molecule has 0 unspecified atom stereocenters. The summed E-state index contributed by atoms with van der Waals surface area (Å²) in [6.45, 7) is 5.66. The van der Waals surface area contributed by atoms with E-state index in [0.717, 1.165) is 0 Å². The van der Waals surface area contributed by atoms with Crippen molar-refractivity contribution in [1.82, 2.24) is 9.78 Å². The Morgan fingerprint density at radius 3 is 2.50 bits per heavy atom. The number of hydrogen-bond acceptors (Lipinski definition) is 2. The van der Waals surface area contributed by atoms with Gasteiger partial charge in [0.2, 0.25) is 0 Å². The Kier molecular flexibility index (Phi) is 2.69. The molecule has 0 aliphatic heterocycles. The second-order valence-electron chi connectivity index (χ2n) is 3.92. The lowest BCUT2D eigenvalue weighted by molar-refractivity contribution is 0.205. The third-order valence-corrected chi connectivity index (χ3v) is 1.59. The summed E-state index contributed by atoms with van der Waals surface area (Å²) in [5.41, 5.74) is -0.357. The minimum Gasteiger partial charge on any atom is -0.463 e. The van der Waals surface area contributed by atoms with Gasteiger partial charge in [-0.2, -0.15) is 10.1 Å². The monoisotopic (exact) mass is 195 g/mol. The van der Waals surface area contributed by atoms with Crippen LogP contribution in [0.1, 0.15) is 20.8 Å². The molecule has 0 atom stereocenters. The van der Waals surface area contributed by atoms with Crippen LogP contribution < -0.4 is 0 Å². The Morgan fingerprint density at radius 1 is 1.50 bits per heavy atom. The van der Waals surface area contributed by atoms with Gasteiger partial charge in [-0.3, -0.25) is 0 Å². The van der Waals surface area contributed by atoms with Gasteiger partial charge in [0.1, 0.15) is 5.84 Å². The van der Waals surface area contributed by atoms with Crippen molar-refractivity contribution in [1.29, 1.82) is 0 Å². The molecule has 0 saturated carbocycles. The second-order valence-corrected chi connectivity index (χ2v) is 3.92. The van der Waals surface area contributed by atoms with Crippen LogP contribution >= 0.6 is 0 Å². The van der Waals surface area contributed by atoms with Crippen LogP contribution in [0.15, 0.2) is 23.5 Å². The molecule has 1 aromatic heterocycles. The maximum atomic E-state index is 10.5. The first kappa shape index (κ1) is 10.4. The van der Waals surface area contributed by atoms with E-state index in [1.165, 1.54) is 4.68 Å². The van der Waals surface area contributed by atoms with E-state index in [9.17, 15) is 4.79 Å². The molecule has 1 heterocycles. The summed E-state index contributed by atoms with van der Waals surface area (Å²) in [5, 5.41) is 12.6. The van der Waals surface area contributed by atoms with Crippen LogP contribution in [-0.2, 0) is 0 Å². The number of carboxylic acid groups (broad SMARTS) is 1. The zero-order chi connectivity index (χ0) is 10.8. The lowest BCUT2D eigenvalue weighted by Crippen LogP contribution is -2.29. The van der Waals surface area contributed by atoms with Gasteiger partial charge in [0, 0.05) is 17.8 Å². The molecule has 0 spiro atoms. The summed E-state index contributed by atoms with van der Waals surface area (Å²) >= 11 is 0. The Balaban J connectivity index is 3.14. The van der Waals surface area contributed by atoms with E-state index in [1.807, 2.05) is 20.8 Å². The highest BCUT2D eigenvalue weighted by Gasteiger charge is 2.22. The van der Waals surface area contributed by atoms with Gasteiger partial charge in [-0.25, -0.2) is 9.48 Å². The fraction of sp³-hybridized carbons (Fsp3) is 0.444. The third kappa shape index (κ3) is 2.42. The minimum absolute atomic E-state index is 0.357. The number of amides is 1. The van der Waals surface area contributed by atoms with E-state index >= 15 is 0 Å². The van der Waals surface area contributed by atoms with E-state index in [0.29, 0.717) is 5.84 Å². The Morgan fingerprint density at radius 2 is 2.14 bits per heavy atom. The molecule has 0 bridgehead atoms. The molecule has 14 heavy (non-hydrogen) atoms. The summed E-state index contributed by atoms with van der Waals surface area (Å²) in [7, 11) is 0. The topological polar surface area (TPSA) is 67.5 Å². The summed E-state index contributed by atoms with van der Waals surface area (Å²) in [6.07, 6.45) is 2.06. The maximum Gasteiger partial charge on any atom is 0.432 e. The standard InChI is InChI=1S/C9H13N3O2/c1-9(2,3)7(11-8(13)14)12-6-4-5-10-12/h4-6H,1-3H3,(H,13,14).